The van der Waals surface area contributed by atoms with Crippen LogP contribution in [0.3, 0.4) is 0 Å². The summed E-state index contributed by atoms with van der Waals surface area (Å²) in [5.74, 6) is -3.04. The number of rotatable bonds is 1. The molecule has 0 atom stereocenters. The fourth-order valence-electron chi connectivity index (χ4n) is 2.19. The highest BCUT2D eigenvalue weighted by molar-refractivity contribution is 5.52. The normalized spacial score (nSPS) is 13.9. The molecule has 2 nitrogen and oxygen atoms in total. The molecule has 2 aromatic carbocycles. The van der Waals surface area contributed by atoms with Gasteiger partial charge < -0.3 is 9.64 Å². The van der Waals surface area contributed by atoms with E-state index in [2.05, 4.69) is 0 Å². The van der Waals surface area contributed by atoms with Crippen LogP contribution in [0.4, 0.5) is 23.2 Å². The van der Waals surface area contributed by atoms with E-state index >= 15 is 0 Å². The molecular formula is C14H9F4NO. The van der Waals surface area contributed by atoms with Gasteiger partial charge in [-0.25, -0.2) is 17.6 Å². The summed E-state index contributed by atoms with van der Waals surface area (Å²) in [6.07, 6.45) is 0. The molecule has 1 heterocycles. The van der Waals surface area contributed by atoms with Gasteiger partial charge in [0.1, 0.15) is 23.1 Å². The molecule has 0 saturated heterocycles. The van der Waals surface area contributed by atoms with Gasteiger partial charge in [0.05, 0.1) is 6.54 Å². The molecule has 0 aromatic heterocycles. The SMILES string of the molecule is Fc1cc(F)c(N2COc3ccc(F)cc3C2)c(F)c1. The average molecular weight is 283 g/mol. The second kappa shape index (κ2) is 4.70. The maximum atomic E-state index is 13.7. The van der Waals surface area contributed by atoms with E-state index in [1.807, 2.05) is 0 Å². The molecule has 2 aromatic rings. The zero-order chi connectivity index (χ0) is 14.3. The fraction of sp³-hybridized carbons (Fsp3) is 0.143. The topological polar surface area (TPSA) is 12.5 Å². The van der Waals surface area contributed by atoms with Gasteiger partial charge in [-0.15, -0.1) is 0 Å². The van der Waals surface area contributed by atoms with Crippen LogP contribution in [0.25, 0.3) is 0 Å². The van der Waals surface area contributed by atoms with Gasteiger partial charge in [-0.2, -0.15) is 0 Å². The third-order valence-corrected chi connectivity index (χ3v) is 3.06. The molecule has 0 aliphatic carbocycles. The molecule has 104 valence electrons. The van der Waals surface area contributed by atoms with E-state index in [4.69, 9.17) is 4.74 Å². The predicted molar refractivity (Wildman–Crippen MR) is 64.4 cm³/mol. The van der Waals surface area contributed by atoms with Gasteiger partial charge in [0.15, 0.2) is 18.4 Å². The van der Waals surface area contributed by atoms with Crippen molar-refractivity contribution in [1.29, 1.82) is 0 Å². The molecular weight excluding hydrogens is 274 g/mol. The number of hydrogen-bond donors (Lipinski definition) is 0. The Morgan fingerprint density at radius 1 is 0.900 bits per heavy atom. The number of halogens is 4. The van der Waals surface area contributed by atoms with Gasteiger partial charge in [0, 0.05) is 17.7 Å². The summed E-state index contributed by atoms with van der Waals surface area (Å²) in [6.45, 7) is -0.0231. The average Bonchev–Trinajstić information content (AvgIpc) is 2.37. The summed E-state index contributed by atoms with van der Waals surface area (Å²) in [4.78, 5) is 1.24. The Balaban J connectivity index is 1.98. The van der Waals surface area contributed by atoms with Crippen molar-refractivity contribution in [2.45, 2.75) is 6.54 Å². The summed E-state index contributed by atoms with van der Waals surface area (Å²) >= 11 is 0. The lowest BCUT2D eigenvalue weighted by Crippen LogP contribution is -2.33. The first kappa shape index (κ1) is 12.8. The van der Waals surface area contributed by atoms with Crippen molar-refractivity contribution in [3.8, 4) is 5.75 Å². The minimum absolute atomic E-state index is 0.0760. The Morgan fingerprint density at radius 3 is 2.30 bits per heavy atom. The summed E-state index contributed by atoms with van der Waals surface area (Å²) in [6, 6.07) is 5.13. The van der Waals surface area contributed by atoms with Crippen LogP contribution in [-0.2, 0) is 6.54 Å². The van der Waals surface area contributed by atoms with Crippen molar-refractivity contribution in [3.63, 3.8) is 0 Å². The van der Waals surface area contributed by atoms with Gasteiger partial charge in [-0.3, -0.25) is 0 Å². The van der Waals surface area contributed by atoms with E-state index in [1.54, 1.807) is 0 Å². The minimum atomic E-state index is -1.02. The molecule has 0 fully saturated rings. The second-order valence-corrected chi connectivity index (χ2v) is 4.44. The van der Waals surface area contributed by atoms with Crippen LogP contribution >= 0.6 is 0 Å². The standard InChI is InChI=1S/C14H9F4NO/c15-9-1-2-13-8(3-9)6-19(7-20-13)14-11(17)4-10(16)5-12(14)18/h1-5H,6-7H2. The first-order chi connectivity index (χ1) is 9.54. The molecule has 0 radical (unpaired) electrons. The molecule has 6 heteroatoms. The Labute approximate surface area is 112 Å². The minimum Gasteiger partial charge on any atom is -0.473 e. The quantitative estimate of drug-likeness (QED) is 0.741. The van der Waals surface area contributed by atoms with E-state index in [9.17, 15) is 17.6 Å². The van der Waals surface area contributed by atoms with Crippen molar-refractivity contribution in [3.05, 3.63) is 59.2 Å². The lowest BCUT2D eigenvalue weighted by atomic mass is 10.1. The zero-order valence-electron chi connectivity index (χ0n) is 10.2. The van der Waals surface area contributed by atoms with Gasteiger partial charge in [-0.1, -0.05) is 0 Å². The van der Waals surface area contributed by atoms with Crippen LogP contribution in [0.15, 0.2) is 30.3 Å². The van der Waals surface area contributed by atoms with Gasteiger partial charge >= 0.3 is 0 Å². The smallest absolute Gasteiger partial charge is 0.161 e. The molecule has 20 heavy (non-hydrogen) atoms. The molecule has 0 amide bonds. The zero-order valence-corrected chi connectivity index (χ0v) is 10.2. The van der Waals surface area contributed by atoms with Crippen molar-refractivity contribution in [2.75, 3.05) is 11.6 Å². The molecule has 3 rings (SSSR count). The van der Waals surface area contributed by atoms with E-state index in [-0.39, 0.29) is 19.0 Å². The molecule has 1 aliphatic rings. The van der Waals surface area contributed by atoms with Gasteiger partial charge in [0.25, 0.3) is 0 Å². The lowest BCUT2D eigenvalue weighted by Gasteiger charge is -2.31. The third-order valence-electron chi connectivity index (χ3n) is 3.06. The second-order valence-electron chi connectivity index (χ2n) is 4.44. The lowest BCUT2D eigenvalue weighted by molar-refractivity contribution is 0.285. The van der Waals surface area contributed by atoms with E-state index < -0.39 is 23.3 Å². The van der Waals surface area contributed by atoms with Crippen LogP contribution in [-0.4, -0.2) is 6.73 Å². The van der Waals surface area contributed by atoms with Gasteiger partial charge in [-0.05, 0) is 18.2 Å². The molecule has 0 spiro atoms. The highest BCUT2D eigenvalue weighted by Gasteiger charge is 2.24. The maximum Gasteiger partial charge on any atom is 0.161 e. The Bertz CT molecular complexity index is 651. The van der Waals surface area contributed by atoms with E-state index in [1.165, 1.54) is 23.1 Å². The summed E-state index contributed by atoms with van der Waals surface area (Å²) in [5, 5.41) is 0. The van der Waals surface area contributed by atoms with Crippen LogP contribution in [0, 0.1) is 23.3 Å². The summed E-state index contributed by atoms with van der Waals surface area (Å²) < 4.78 is 58.8. The van der Waals surface area contributed by atoms with Gasteiger partial charge in [0.2, 0.25) is 0 Å². The van der Waals surface area contributed by atoms with Crippen LogP contribution in [0.5, 0.6) is 5.75 Å². The highest BCUT2D eigenvalue weighted by Crippen LogP contribution is 2.32. The highest BCUT2D eigenvalue weighted by atomic mass is 19.1. The number of fused-ring (bicyclic) bond motifs is 1. The first-order valence-corrected chi connectivity index (χ1v) is 5.85. The summed E-state index contributed by atoms with van der Waals surface area (Å²) in [7, 11) is 0. The van der Waals surface area contributed by atoms with Crippen LogP contribution in [0.2, 0.25) is 0 Å². The first-order valence-electron chi connectivity index (χ1n) is 5.85. The fourth-order valence-corrected chi connectivity index (χ4v) is 2.19. The number of nitrogens with zero attached hydrogens (tertiary/aromatic N) is 1. The molecule has 0 saturated carbocycles. The van der Waals surface area contributed by atoms with Crippen LogP contribution in [0.1, 0.15) is 5.56 Å². The number of benzene rings is 2. The monoisotopic (exact) mass is 283 g/mol. The van der Waals surface area contributed by atoms with Crippen molar-refractivity contribution < 1.29 is 22.3 Å². The molecule has 0 N–H and O–H groups in total. The number of hydrogen-bond acceptors (Lipinski definition) is 2. The molecule has 1 aliphatic heterocycles. The van der Waals surface area contributed by atoms with Crippen LogP contribution < -0.4 is 9.64 Å². The van der Waals surface area contributed by atoms with Crippen molar-refractivity contribution in [1.82, 2.24) is 0 Å². The van der Waals surface area contributed by atoms with Crippen molar-refractivity contribution in [2.24, 2.45) is 0 Å². The van der Waals surface area contributed by atoms with E-state index in [0.717, 1.165) is 0 Å². The maximum absolute atomic E-state index is 13.7. The Morgan fingerprint density at radius 2 is 1.60 bits per heavy atom. The number of anilines is 1. The number of ether oxygens (including phenoxy) is 1. The third kappa shape index (κ3) is 2.17. The van der Waals surface area contributed by atoms with E-state index in [0.29, 0.717) is 23.4 Å². The van der Waals surface area contributed by atoms with Crippen molar-refractivity contribution >= 4 is 5.69 Å². The Hall–Kier alpha value is -2.24. The predicted octanol–water partition coefficient (Wildman–Crippen LogP) is 3.60. The largest absolute Gasteiger partial charge is 0.473 e. The molecule has 0 bridgehead atoms. The summed E-state index contributed by atoms with van der Waals surface area (Å²) in [5.41, 5.74) is 0.0840. The molecule has 0 unspecified atom stereocenters. The Kier molecular flexibility index (Phi) is 3.00.